The second-order valence-electron chi connectivity index (χ2n) is 9.55. The molecule has 2 N–H and O–H groups in total. The molecule has 0 radical (unpaired) electrons. The van der Waals surface area contributed by atoms with E-state index in [1.807, 2.05) is 30.3 Å². The molecule has 2 amide bonds. The molecule has 6 rings (SSSR count). The van der Waals surface area contributed by atoms with Gasteiger partial charge >= 0.3 is 0 Å². The van der Waals surface area contributed by atoms with Crippen LogP contribution in [0.4, 0.5) is 4.39 Å². The Bertz CT molecular complexity index is 1210. The number of likely N-dealkylation sites (tertiary alicyclic amines) is 1. The van der Waals surface area contributed by atoms with Crippen molar-refractivity contribution >= 4 is 11.8 Å². The number of aromatic amines is 1. The molecule has 4 atom stereocenters. The molecule has 3 fully saturated rings. The van der Waals surface area contributed by atoms with Gasteiger partial charge in [0.05, 0.1) is 30.0 Å². The number of benzene rings is 1. The normalized spacial score (nSPS) is 23.9. The summed E-state index contributed by atoms with van der Waals surface area (Å²) in [6.07, 6.45) is 4.54. The van der Waals surface area contributed by atoms with Gasteiger partial charge in [0.25, 0.3) is 0 Å². The number of piperidine rings is 1. The molecular formula is C25H25FN6O2. The lowest BCUT2D eigenvalue weighted by atomic mass is 10.0. The summed E-state index contributed by atoms with van der Waals surface area (Å²) in [5, 5.41) is 13.2. The summed E-state index contributed by atoms with van der Waals surface area (Å²) < 4.78 is 14.8. The largest absolute Gasteiger partial charge is 0.342 e. The van der Waals surface area contributed by atoms with Crippen LogP contribution in [0.1, 0.15) is 53.7 Å². The Hall–Kier alpha value is -3.62. The van der Waals surface area contributed by atoms with Crippen molar-refractivity contribution in [3.63, 3.8) is 0 Å². The fourth-order valence-corrected chi connectivity index (χ4v) is 5.15. The average Bonchev–Trinajstić information content (AvgIpc) is 3.75. The Balaban J connectivity index is 1.25. The number of carbonyl (C=O) groups is 2. The topological polar surface area (TPSA) is 104 Å². The van der Waals surface area contributed by atoms with Gasteiger partial charge in [-0.1, -0.05) is 41.6 Å². The second kappa shape index (κ2) is 8.30. The first-order valence-corrected chi connectivity index (χ1v) is 11.7. The van der Waals surface area contributed by atoms with E-state index in [9.17, 15) is 14.0 Å². The third-order valence-electron chi connectivity index (χ3n) is 7.18. The highest BCUT2D eigenvalue weighted by Crippen LogP contribution is 2.50. The molecule has 8 nitrogen and oxygen atoms in total. The molecule has 3 heterocycles. The number of rotatable bonds is 7. The number of amides is 2. The summed E-state index contributed by atoms with van der Waals surface area (Å²) in [5.41, 5.74) is 2.52. The second-order valence-corrected chi connectivity index (χ2v) is 9.55. The average molecular weight is 461 g/mol. The van der Waals surface area contributed by atoms with Crippen LogP contribution in [0, 0.1) is 17.8 Å². The fourth-order valence-electron chi connectivity index (χ4n) is 5.15. The molecule has 3 aliphatic rings. The standard InChI is InChI=1S/C25H25FN6O2/c26-24-18(14-6-7-14)8-9-20(28-24)22(15-4-2-1-3-5-15)29-25(34)23-19-10-16(19)13-32(23)21(33)11-17-12-27-31-30-17/h1-5,8-9,12,14,16,19,22-23H,6-7,10-11,13H2,(H,29,34)(H,27,30,31). The van der Waals surface area contributed by atoms with E-state index >= 15 is 0 Å². The van der Waals surface area contributed by atoms with Gasteiger partial charge in [0.1, 0.15) is 6.04 Å². The quantitative estimate of drug-likeness (QED) is 0.528. The molecule has 2 saturated carbocycles. The molecule has 2 aromatic heterocycles. The van der Waals surface area contributed by atoms with Crippen molar-refractivity contribution in [2.24, 2.45) is 11.8 Å². The third kappa shape index (κ3) is 3.95. The number of fused-ring (bicyclic) bond motifs is 1. The van der Waals surface area contributed by atoms with Gasteiger partial charge in [0, 0.05) is 12.1 Å². The van der Waals surface area contributed by atoms with Crippen LogP contribution in [0.3, 0.4) is 0 Å². The lowest BCUT2D eigenvalue weighted by Gasteiger charge is -2.29. The van der Waals surface area contributed by atoms with E-state index in [2.05, 4.69) is 25.7 Å². The molecule has 0 bridgehead atoms. The monoisotopic (exact) mass is 460 g/mol. The number of halogens is 1. The number of H-pyrrole nitrogens is 1. The summed E-state index contributed by atoms with van der Waals surface area (Å²) in [7, 11) is 0. The number of aromatic nitrogens is 4. The number of pyridine rings is 1. The van der Waals surface area contributed by atoms with E-state index in [0.29, 0.717) is 29.4 Å². The molecule has 1 saturated heterocycles. The Morgan fingerprint density at radius 1 is 1.18 bits per heavy atom. The van der Waals surface area contributed by atoms with Crippen LogP contribution in [0.25, 0.3) is 0 Å². The van der Waals surface area contributed by atoms with E-state index in [-0.39, 0.29) is 30.1 Å². The van der Waals surface area contributed by atoms with Crippen LogP contribution in [0.5, 0.6) is 0 Å². The molecule has 1 aliphatic heterocycles. The van der Waals surface area contributed by atoms with E-state index in [4.69, 9.17) is 0 Å². The summed E-state index contributed by atoms with van der Waals surface area (Å²) in [6.45, 7) is 0.572. The van der Waals surface area contributed by atoms with Crippen molar-refractivity contribution in [2.75, 3.05) is 6.54 Å². The summed E-state index contributed by atoms with van der Waals surface area (Å²) in [4.78, 5) is 32.5. The van der Waals surface area contributed by atoms with E-state index in [1.165, 1.54) is 6.20 Å². The minimum Gasteiger partial charge on any atom is -0.342 e. The highest BCUT2D eigenvalue weighted by Gasteiger charge is 2.57. The Morgan fingerprint density at radius 2 is 2.00 bits per heavy atom. The van der Waals surface area contributed by atoms with Gasteiger partial charge in [-0.2, -0.15) is 4.39 Å². The van der Waals surface area contributed by atoms with Crippen molar-refractivity contribution in [3.8, 4) is 0 Å². The van der Waals surface area contributed by atoms with Crippen LogP contribution in [-0.2, 0) is 16.0 Å². The molecular weight excluding hydrogens is 435 g/mol. The van der Waals surface area contributed by atoms with Crippen LogP contribution in [0.2, 0.25) is 0 Å². The van der Waals surface area contributed by atoms with Gasteiger partial charge in [-0.3, -0.25) is 14.7 Å². The number of hydrogen-bond donors (Lipinski definition) is 2. The maximum atomic E-state index is 14.8. The van der Waals surface area contributed by atoms with Crippen molar-refractivity contribution < 1.29 is 14.0 Å². The minimum absolute atomic E-state index is 0.119. The predicted octanol–water partition coefficient (Wildman–Crippen LogP) is 2.51. The maximum Gasteiger partial charge on any atom is 0.243 e. The summed E-state index contributed by atoms with van der Waals surface area (Å²) in [6, 6.07) is 11.9. The van der Waals surface area contributed by atoms with Gasteiger partial charge in [0.2, 0.25) is 17.8 Å². The van der Waals surface area contributed by atoms with Gasteiger partial charge in [0.15, 0.2) is 0 Å². The Morgan fingerprint density at radius 3 is 2.71 bits per heavy atom. The zero-order valence-electron chi connectivity index (χ0n) is 18.5. The van der Waals surface area contributed by atoms with Crippen LogP contribution in [-0.4, -0.2) is 49.7 Å². The number of hydrogen-bond acceptors (Lipinski definition) is 5. The van der Waals surface area contributed by atoms with Gasteiger partial charge in [-0.25, -0.2) is 4.98 Å². The molecule has 9 heteroatoms. The fraction of sp³-hybridized carbons (Fsp3) is 0.400. The zero-order chi connectivity index (χ0) is 23.2. The third-order valence-corrected chi connectivity index (χ3v) is 7.18. The summed E-state index contributed by atoms with van der Waals surface area (Å²) in [5.74, 6) is -0.0779. The highest BCUT2D eigenvalue weighted by atomic mass is 19.1. The summed E-state index contributed by atoms with van der Waals surface area (Å²) >= 11 is 0. The molecule has 1 aromatic carbocycles. The van der Waals surface area contributed by atoms with Crippen molar-refractivity contribution in [3.05, 3.63) is 77.1 Å². The minimum atomic E-state index is -0.608. The lowest BCUT2D eigenvalue weighted by Crippen LogP contribution is -2.49. The number of carbonyl (C=O) groups excluding carboxylic acids is 2. The van der Waals surface area contributed by atoms with Crippen LogP contribution >= 0.6 is 0 Å². The van der Waals surface area contributed by atoms with Crippen molar-refractivity contribution in [1.29, 1.82) is 0 Å². The van der Waals surface area contributed by atoms with Gasteiger partial charge in [-0.15, -0.1) is 5.10 Å². The van der Waals surface area contributed by atoms with Crippen LogP contribution < -0.4 is 5.32 Å². The number of nitrogens with zero attached hydrogens (tertiary/aromatic N) is 4. The van der Waals surface area contributed by atoms with E-state index < -0.39 is 18.0 Å². The molecule has 174 valence electrons. The Kier molecular flexibility index (Phi) is 5.12. The SMILES string of the molecule is O=C(NC(c1ccccc1)c1ccc(C2CC2)c(F)n1)C1C2CC2CN1C(=O)Cc1cnn[nH]1. The Labute approximate surface area is 196 Å². The molecule has 34 heavy (non-hydrogen) atoms. The first-order valence-electron chi connectivity index (χ1n) is 11.7. The van der Waals surface area contributed by atoms with E-state index in [0.717, 1.165) is 24.8 Å². The predicted molar refractivity (Wildman–Crippen MR) is 120 cm³/mol. The van der Waals surface area contributed by atoms with E-state index in [1.54, 1.807) is 17.0 Å². The van der Waals surface area contributed by atoms with Gasteiger partial charge < -0.3 is 10.2 Å². The molecule has 2 aliphatic carbocycles. The smallest absolute Gasteiger partial charge is 0.243 e. The first-order chi connectivity index (χ1) is 16.6. The maximum absolute atomic E-state index is 14.8. The first kappa shape index (κ1) is 20.9. The zero-order valence-corrected chi connectivity index (χ0v) is 18.5. The van der Waals surface area contributed by atoms with Crippen molar-refractivity contribution in [1.82, 2.24) is 30.6 Å². The number of nitrogens with one attached hydrogen (secondary N) is 2. The molecule has 0 spiro atoms. The molecule has 4 unspecified atom stereocenters. The lowest BCUT2D eigenvalue weighted by molar-refractivity contribution is -0.139. The molecule has 3 aromatic rings. The highest BCUT2D eigenvalue weighted by molar-refractivity contribution is 5.90. The van der Waals surface area contributed by atoms with Crippen LogP contribution in [0.15, 0.2) is 48.7 Å². The van der Waals surface area contributed by atoms with Crippen molar-refractivity contribution in [2.45, 2.75) is 43.7 Å². The van der Waals surface area contributed by atoms with Gasteiger partial charge in [-0.05, 0) is 48.6 Å².